The van der Waals surface area contributed by atoms with Crippen LogP contribution in [0.4, 0.5) is 0 Å². The summed E-state index contributed by atoms with van der Waals surface area (Å²) in [6.07, 6.45) is 2.45. The van der Waals surface area contributed by atoms with Crippen molar-refractivity contribution in [3.8, 4) is 11.1 Å². The maximum atomic E-state index is 13.0. The molecule has 4 aromatic rings. The molecule has 0 fully saturated rings. The first kappa shape index (κ1) is 26.2. The van der Waals surface area contributed by atoms with E-state index < -0.39 is 5.97 Å². The van der Waals surface area contributed by atoms with Gasteiger partial charge in [0.15, 0.2) is 0 Å². The van der Waals surface area contributed by atoms with Crippen LogP contribution in [0.15, 0.2) is 84.9 Å². The van der Waals surface area contributed by atoms with E-state index in [0.29, 0.717) is 30.0 Å². The SMILES string of the molecule is CCCc1cc(C(=O)NC(CS)Cc2ccccc2)nn1Cc1ccc(-c2ccccc2C(=O)O)cc1. The molecule has 1 heterocycles. The number of carbonyl (C=O) groups excluding carboxylic acids is 1. The van der Waals surface area contributed by atoms with Gasteiger partial charge in [-0.15, -0.1) is 0 Å². The Labute approximate surface area is 222 Å². The van der Waals surface area contributed by atoms with Gasteiger partial charge in [0.05, 0.1) is 12.1 Å². The molecule has 4 rings (SSSR count). The van der Waals surface area contributed by atoms with Crippen LogP contribution < -0.4 is 5.32 Å². The number of carboxylic acids is 1. The number of hydrogen-bond acceptors (Lipinski definition) is 4. The molecule has 37 heavy (non-hydrogen) atoms. The van der Waals surface area contributed by atoms with Gasteiger partial charge in [-0.3, -0.25) is 9.48 Å². The molecule has 1 amide bonds. The first-order chi connectivity index (χ1) is 18.0. The monoisotopic (exact) mass is 513 g/mol. The van der Waals surface area contributed by atoms with Crippen molar-refractivity contribution in [1.29, 1.82) is 0 Å². The molecule has 7 heteroatoms. The summed E-state index contributed by atoms with van der Waals surface area (Å²) >= 11 is 4.44. The van der Waals surface area contributed by atoms with Crippen molar-refractivity contribution >= 4 is 24.5 Å². The van der Waals surface area contributed by atoms with E-state index in [0.717, 1.165) is 35.2 Å². The zero-order chi connectivity index (χ0) is 26.2. The average Bonchev–Trinajstić information content (AvgIpc) is 3.31. The lowest BCUT2D eigenvalue weighted by molar-refractivity contribution is 0.0697. The Morgan fingerprint density at radius 3 is 2.35 bits per heavy atom. The first-order valence-corrected chi connectivity index (χ1v) is 13.1. The second-order valence-electron chi connectivity index (χ2n) is 9.02. The topological polar surface area (TPSA) is 84.2 Å². The zero-order valence-corrected chi connectivity index (χ0v) is 21.7. The highest BCUT2D eigenvalue weighted by molar-refractivity contribution is 7.80. The molecule has 0 spiro atoms. The normalized spacial score (nSPS) is 11.7. The van der Waals surface area contributed by atoms with Gasteiger partial charge in [0, 0.05) is 17.5 Å². The molecular formula is C30H31N3O3S. The van der Waals surface area contributed by atoms with Gasteiger partial charge in [0.25, 0.3) is 5.91 Å². The van der Waals surface area contributed by atoms with Gasteiger partial charge < -0.3 is 10.4 Å². The minimum Gasteiger partial charge on any atom is -0.478 e. The summed E-state index contributed by atoms with van der Waals surface area (Å²) in [7, 11) is 0. The molecule has 0 saturated heterocycles. The molecule has 2 N–H and O–H groups in total. The van der Waals surface area contributed by atoms with E-state index in [9.17, 15) is 14.7 Å². The van der Waals surface area contributed by atoms with Crippen molar-refractivity contribution in [2.75, 3.05) is 5.75 Å². The number of nitrogens with zero attached hydrogens (tertiary/aromatic N) is 2. The number of carbonyl (C=O) groups is 2. The minimum absolute atomic E-state index is 0.0979. The fraction of sp³-hybridized carbons (Fsp3) is 0.233. The molecule has 0 aliphatic rings. The molecular weight excluding hydrogens is 482 g/mol. The van der Waals surface area contributed by atoms with Gasteiger partial charge in [-0.1, -0.05) is 86.1 Å². The second-order valence-corrected chi connectivity index (χ2v) is 9.38. The molecule has 1 atom stereocenters. The van der Waals surface area contributed by atoms with Crippen LogP contribution in [0.1, 0.15) is 51.0 Å². The van der Waals surface area contributed by atoms with Crippen LogP contribution in [0, 0.1) is 0 Å². The zero-order valence-electron chi connectivity index (χ0n) is 20.8. The average molecular weight is 514 g/mol. The molecule has 0 bridgehead atoms. The highest BCUT2D eigenvalue weighted by Gasteiger charge is 2.18. The van der Waals surface area contributed by atoms with E-state index in [1.54, 1.807) is 12.1 Å². The highest BCUT2D eigenvalue weighted by Crippen LogP contribution is 2.24. The number of carboxylic acid groups (broad SMARTS) is 1. The Morgan fingerprint density at radius 1 is 0.973 bits per heavy atom. The predicted molar refractivity (Wildman–Crippen MR) is 149 cm³/mol. The smallest absolute Gasteiger partial charge is 0.336 e. The molecule has 0 radical (unpaired) electrons. The lowest BCUT2D eigenvalue weighted by Crippen LogP contribution is -2.38. The van der Waals surface area contributed by atoms with Crippen LogP contribution in [0.2, 0.25) is 0 Å². The van der Waals surface area contributed by atoms with Crippen LogP contribution in [-0.4, -0.2) is 38.6 Å². The van der Waals surface area contributed by atoms with Crippen LogP contribution >= 0.6 is 12.6 Å². The minimum atomic E-state index is -0.949. The summed E-state index contributed by atoms with van der Waals surface area (Å²) in [6.45, 7) is 2.62. The Balaban J connectivity index is 1.49. The summed E-state index contributed by atoms with van der Waals surface area (Å²) in [5.41, 5.74) is 5.35. The number of benzene rings is 3. The van der Waals surface area contributed by atoms with E-state index in [-0.39, 0.29) is 17.5 Å². The standard InChI is InChI=1S/C30H31N3O3S/c1-2-8-25-18-28(29(34)31-24(20-37)17-21-9-4-3-5-10-21)32-33(25)19-22-13-15-23(16-14-22)26-11-6-7-12-27(26)30(35)36/h3-7,9-16,18,24,37H,2,8,17,19-20H2,1H3,(H,31,34)(H,35,36). The van der Waals surface area contributed by atoms with Gasteiger partial charge in [0.1, 0.15) is 5.69 Å². The quantitative estimate of drug-likeness (QED) is 0.231. The number of aryl methyl sites for hydroxylation is 1. The number of aromatic carboxylic acids is 1. The van der Waals surface area contributed by atoms with Gasteiger partial charge in [-0.05, 0) is 47.2 Å². The van der Waals surface area contributed by atoms with Gasteiger partial charge in [-0.2, -0.15) is 17.7 Å². The van der Waals surface area contributed by atoms with E-state index in [4.69, 9.17) is 0 Å². The van der Waals surface area contributed by atoms with Crippen molar-refractivity contribution < 1.29 is 14.7 Å². The number of amides is 1. The molecule has 3 aromatic carbocycles. The van der Waals surface area contributed by atoms with Gasteiger partial charge in [0.2, 0.25) is 0 Å². The number of aromatic nitrogens is 2. The Bertz CT molecular complexity index is 1350. The Morgan fingerprint density at radius 2 is 1.68 bits per heavy atom. The number of rotatable bonds is 11. The summed E-state index contributed by atoms with van der Waals surface area (Å²) in [4.78, 5) is 24.6. The summed E-state index contributed by atoms with van der Waals surface area (Å²) in [6, 6.07) is 26.6. The summed E-state index contributed by atoms with van der Waals surface area (Å²) < 4.78 is 1.88. The van der Waals surface area contributed by atoms with E-state index >= 15 is 0 Å². The van der Waals surface area contributed by atoms with Crippen molar-refractivity contribution in [3.63, 3.8) is 0 Å². The fourth-order valence-corrected chi connectivity index (χ4v) is 4.58. The largest absolute Gasteiger partial charge is 0.478 e. The number of hydrogen-bond donors (Lipinski definition) is 3. The number of thiol groups is 1. The molecule has 1 unspecified atom stereocenters. The molecule has 190 valence electrons. The van der Waals surface area contributed by atoms with Crippen LogP contribution in [-0.2, 0) is 19.4 Å². The van der Waals surface area contributed by atoms with E-state index in [1.165, 1.54) is 0 Å². The third-order valence-electron chi connectivity index (χ3n) is 6.24. The van der Waals surface area contributed by atoms with Gasteiger partial charge >= 0.3 is 5.97 Å². The highest BCUT2D eigenvalue weighted by atomic mass is 32.1. The van der Waals surface area contributed by atoms with Crippen molar-refractivity contribution in [1.82, 2.24) is 15.1 Å². The van der Waals surface area contributed by atoms with Gasteiger partial charge in [-0.25, -0.2) is 4.79 Å². The molecule has 1 aromatic heterocycles. The number of nitrogens with one attached hydrogen (secondary N) is 1. The Hall–Kier alpha value is -3.84. The van der Waals surface area contributed by atoms with Crippen LogP contribution in [0.5, 0.6) is 0 Å². The third-order valence-corrected chi connectivity index (χ3v) is 6.68. The summed E-state index contributed by atoms with van der Waals surface area (Å²) in [5, 5.41) is 17.2. The lowest BCUT2D eigenvalue weighted by Gasteiger charge is -2.16. The summed E-state index contributed by atoms with van der Waals surface area (Å²) in [5.74, 6) is -0.623. The lowest BCUT2D eigenvalue weighted by atomic mass is 9.99. The second kappa shape index (κ2) is 12.4. The van der Waals surface area contributed by atoms with Crippen molar-refractivity contribution in [2.24, 2.45) is 0 Å². The molecule has 0 aliphatic heterocycles. The van der Waals surface area contributed by atoms with Crippen LogP contribution in [0.3, 0.4) is 0 Å². The van der Waals surface area contributed by atoms with E-state index in [1.807, 2.05) is 77.5 Å². The third kappa shape index (κ3) is 6.68. The molecule has 0 saturated carbocycles. The van der Waals surface area contributed by atoms with Crippen LogP contribution in [0.25, 0.3) is 11.1 Å². The first-order valence-electron chi connectivity index (χ1n) is 12.4. The predicted octanol–water partition coefficient (Wildman–Crippen LogP) is 5.52. The van der Waals surface area contributed by atoms with E-state index in [2.05, 4.69) is 30.0 Å². The maximum absolute atomic E-state index is 13.0. The molecule has 0 aliphatic carbocycles. The Kier molecular flexibility index (Phi) is 8.80. The molecule has 6 nitrogen and oxygen atoms in total. The fourth-order valence-electron chi connectivity index (χ4n) is 4.36. The van der Waals surface area contributed by atoms with Crippen molar-refractivity contribution in [2.45, 2.75) is 38.8 Å². The van der Waals surface area contributed by atoms with Crippen molar-refractivity contribution in [3.05, 3.63) is 113 Å². The maximum Gasteiger partial charge on any atom is 0.336 e.